The van der Waals surface area contributed by atoms with Gasteiger partial charge < -0.3 is 9.64 Å². The van der Waals surface area contributed by atoms with Crippen LogP contribution in [0, 0.1) is 18.2 Å². The Bertz CT molecular complexity index is 655. The van der Waals surface area contributed by atoms with Crippen LogP contribution in [0.3, 0.4) is 0 Å². The van der Waals surface area contributed by atoms with Gasteiger partial charge in [-0.25, -0.2) is 4.39 Å². The lowest BCUT2D eigenvalue weighted by Crippen LogP contribution is -2.19. The van der Waals surface area contributed by atoms with Crippen molar-refractivity contribution in [2.24, 2.45) is 0 Å². The molecular weight excluding hydrogens is 277 g/mol. The third-order valence-electron chi connectivity index (χ3n) is 2.97. The first kappa shape index (κ1) is 14.2. The van der Waals surface area contributed by atoms with Gasteiger partial charge in [0.25, 0.3) is 0 Å². The highest BCUT2D eigenvalue weighted by Gasteiger charge is 2.22. The van der Waals surface area contributed by atoms with Gasteiger partial charge in [0.1, 0.15) is 18.2 Å². The van der Waals surface area contributed by atoms with E-state index in [-0.39, 0.29) is 6.61 Å². The van der Waals surface area contributed by atoms with Crippen molar-refractivity contribution in [2.45, 2.75) is 0 Å². The summed E-state index contributed by atoms with van der Waals surface area (Å²) >= 11 is 6.00. The topological polar surface area (TPSA) is 12.5 Å². The Balaban J connectivity index is 2.52. The highest BCUT2D eigenvalue weighted by Crippen LogP contribution is 2.36. The third kappa shape index (κ3) is 2.56. The molecular formula is C16H13ClFNO. The predicted molar refractivity (Wildman–Crippen MR) is 79.5 cm³/mol. The summed E-state index contributed by atoms with van der Waals surface area (Å²) in [5.74, 6) is 2.36. The number of nitrogens with zero attached hydrogens (tertiary/aromatic N) is 1. The van der Waals surface area contributed by atoms with Crippen LogP contribution in [0.5, 0.6) is 5.75 Å². The molecule has 0 bridgehead atoms. The quantitative estimate of drug-likeness (QED) is 0.786. The maximum absolute atomic E-state index is 14.2. The smallest absolute Gasteiger partial charge is 0.148 e. The van der Waals surface area contributed by atoms with Gasteiger partial charge in [0.05, 0.1) is 22.0 Å². The number of ether oxygens (including phenoxy) is 1. The van der Waals surface area contributed by atoms with Gasteiger partial charge in [-0.2, -0.15) is 0 Å². The third-order valence-corrected chi connectivity index (χ3v) is 3.32. The van der Waals surface area contributed by atoms with Crippen molar-refractivity contribution in [1.29, 1.82) is 0 Å². The summed E-state index contributed by atoms with van der Waals surface area (Å²) in [5.41, 5.74) is 1.55. The van der Waals surface area contributed by atoms with Crippen molar-refractivity contribution in [3.63, 3.8) is 0 Å². The molecule has 4 heteroatoms. The Labute approximate surface area is 122 Å². The Kier molecular flexibility index (Phi) is 4.16. The van der Waals surface area contributed by atoms with Crippen molar-refractivity contribution in [1.82, 2.24) is 4.90 Å². The Morgan fingerprint density at radius 3 is 2.90 bits per heavy atom. The number of rotatable bonds is 3. The maximum Gasteiger partial charge on any atom is 0.148 e. The molecule has 1 aliphatic heterocycles. The minimum absolute atomic E-state index is 0.0744. The number of hydrogen-bond donors (Lipinski definition) is 0. The lowest BCUT2D eigenvalue weighted by Gasteiger charge is -2.28. The summed E-state index contributed by atoms with van der Waals surface area (Å²) in [7, 11) is 1.76. The van der Waals surface area contributed by atoms with Gasteiger partial charge in [-0.1, -0.05) is 30.2 Å². The number of hydrogen-bond acceptors (Lipinski definition) is 2. The van der Waals surface area contributed by atoms with Gasteiger partial charge in [0.2, 0.25) is 0 Å². The van der Waals surface area contributed by atoms with E-state index in [0.717, 1.165) is 0 Å². The summed E-state index contributed by atoms with van der Waals surface area (Å²) in [6, 6.07) is 4.62. The molecule has 0 atom stereocenters. The molecule has 1 aromatic rings. The summed E-state index contributed by atoms with van der Waals surface area (Å²) in [5, 5.41) is 0.513. The van der Waals surface area contributed by atoms with Crippen LogP contribution in [0.1, 0.15) is 5.56 Å². The monoisotopic (exact) mass is 289 g/mol. The van der Waals surface area contributed by atoms with E-state index in [2.05, 4.69) is 12.5 Å². The Morgan fingerprint density at radius 2 is 2.20 bits per heavy atom. The first-order valence-corrected chi connectivity index (χ1v) is 6.29. The van der Waals surface area contributed by atoms with E-state index in [1.807, 2.05) is 0 Å². The fourth-order valence-corrected chi connectivity index (χ4v) is 2.10. The standard InChI is InChI=1S/C16H13ClFNO/c1-4-10-20-15-7-5-6-13(18)16(15)14-9-8-12(17)11(2)19(14)3/h1,5-9H,2,10H2,3H3. The molecule has 102 valence electrons. The highest BCUT2D eigenvalue weighted by atomic mass is 35.5. The normalized spacial score (nSPS) is 14.5. The van der Waals surface area contributed by atoms with E-state index >= 15 is 0 Å². The molecule has 1 heterocycles. The number of allylic oxidation sites excluding steroid dienone is 3. The fraction of sp³-hybridized carbons (Fsp3) is 0.125. The summed E-state index contributed by atoms with van der Waals surface area (Å²) in [4.78, 5) is 1.71. The number of likely N-dealkylation sites (N-methyl/N-ethyl adjacent to an activating group) is 1. The fourth-order valence-electron chi connectivity index (χ4n) is 1.91. The van der Waals surface area contributed by atoms with Crippen LogP contribution in [0.2, 0.25) is 0 Å². The first-order valence-electron chi connectivity index (χ1n) is 5.92. The zero-order valence-corrected chi connectivity index (χ0v) is 11.7. The van der Waals surface area contributed by atoms with E-state index in [4.69, 9.17) is 22.8 Å². The zero-order chi connectivity index (χ0) is 14.7. The van der Waals surface area contributed by atoms with Crippen LogP contribution < -0.4 is 4.74 Å². The second-order valence-corrected chi connectivity index (χ2v) is 4.59. The molecule has 0 N–H and O–H groups in total. The van der Waals surface area contributed by atoms with E-state index in [0.29, 0.717) is 27.7 Å². The molecule has 0 unspecified atom stereocenters. The molecule has 1 aromatic carbocycles. The summed E-state index contributed by atoms with van der Waals surface area (Å²) in [6.45, 7) is 3.94. The second-order valence-electron chi connectivity index (χ2n) is 4.18. The number of benzene rings is 1. The molecule has 0 aromatic heterocycles. The van der Waals surface area contributed by atoms with Crippen LogP contribution in [0.4, 0.5) is 4.39 Å². The van der Waals surface area contributed by atoms with Crippen LogP contribution >= 0.6 is 11.6 Å². The van der Waals surface area contributed by atoms with Gasteiger partial charge in [0, 0.05) is 7.05 Å². The number of halogens is 2. The SMILES string of the molecule is C#CCOc1cccc(F)c1C1=CC=C(Cl)C(=C)N1C. The molecule has 0 saturated carbocycles. The second kappa shape index (κ2) is 5.85. The molecule has 0 radical (unpaired) electrons. The van der Waals surface area contributed by atoms with Crippen molar-refractivity contribution in [3.8, 4) is 18.1 Å². The van der Waals surface area contributed by atoms with Crippen molar-refractivity contribution < 1.29 is 9.13 Å². The Morgan fingerprint density at radius 1 is 1.45 bits per heavy atom. The first-order chi connectivity index (χ1) is 9.56. The van der Waals surface area contributed by atoms with Crippen molar-refractivity contribution in [2.75, 3.05) is 13.7 Å². The minimum atomic E-state index is -0.392. The Hall–Kier alpha value is -2.18. The van der Waals surface area contributed by atoms with E-state index in [1.54, 1.807) is 36.2 Å². The molecule has 0 amide bonds. The predicted octanol–water partition coefficient (Wildman–Crippen LogP) is 3.76. The molecule has 20 heavy (non-hydrogen) atoms. The van der Waals surface area contributed by atoms with E-state index in [9.17, 15) is 4.39 Å². The van der Waals surface area contributed by atoms with Gasteiger partial charge in [-0.05, 0) is 24.3 Å². The lowest BCUT2D eigenvalue weighted by atomic mass is 10.1. The van der Waals surface area contributed by atoms with Crippen LogP contribution in [-0.2, 0) is 0 Å². The van der Waals surface area contributed by atoms with Gasteiger partial charge in [-0.15, -0.1) is 6.42 Å². The molecule has 0 fully saturated rings. The zero-order valence-electron chi connectivity index (χ0n) is 11.0. The largest absolute Gasteiger partial charge is 0.480 e. The molecule has 2 nitrogen and oxygen atoms in total. The van der Waals surface area contributed by atoms with E-state index < -0.39 is 5.82 Å². The molecule has 0 saturated heterocycles. The molecule has 2 rings (SSSR count). The van der Waals surface area contributed by atoms with Gasteiger partial charge in [0.15, 0.2) is 0 Å². The van der Waals surface area contributed by atoms with Crippen LogP contribution in [0.15, 0.2) is 47.7 Å². The van der Waals surface area contributed by atoms with Gasteiger partial charge in [-0.3, -0.25) is 0 Å². The highest BCUT2D eigenvalue weighted by molar-refractivity contribution is 6.32. The molecule has 0 aliphatic carbocycles. The average Bonchev–Trinajstić information content (AvgIpc) is 2.44. The van der Waals surface area contributed by atoms with E-state index in [1.165, 1.54) is 6.07 Å². The molecule has 1 aliphatic rings. The van der Waals surface area contributed by atoms with Crippen LogP contribution in [-0.4, -0.2) is 18.6 Å². The summed E-state index contributed by atoms with van der Waals surface area (Å²) in [6.07, 6.45) is 8.57. The van der Waals surface area contributed by atoms with Crippen LogP contribution in [0.25, 0.3) is 5.70 Å². The van der Waals surface area contributed by atoms with Crippen molar-refractivity contribution >= 4 is 17.3 Å². The van der Waals surface area contributed by atoms with Gasteiger partial charge >= 0.3 is 0 Å². The lowest BCUT2D eigenvalue weighted by molar-refractivity contribution is 0.365. The molecule has 0 spiro atoms. The minimum Gasteiger partial charge on any atom is -0.480 e. The number of terminal acetylenes is 1. The maximum atomic E-state index is 14.2. The van der Waals surface area contributed by atoms with Crippen molar-refractivity contribution in [3.05, 3.63) is 59.0 Å². The summed E-state index contributed by atoms with van der Waals surface area (Å²) < 4.78 is 19.6. The average molecular weight is 290 g/mol.